The quantitative estimate of drug-likeness (QED) is 0.597. The molecule has 6 nitrogen and oxygen atoms in total. The minimum atomic E-state index is -0.120. The van der Waals surface area contributed by atoms with Crippen LogP contribution in [0.2, 0.25) is 0 Å². The summed E-state index contributed by atoms with van der Waals surface area (Å²) in [5.74, 6) is -0.120. The van der Waals surface area contributed by atoms with Gasteiger partial charge in [-0.2, -0.15) is 15.4 Å². The number of para-hydroxylation sites is 1. The van der Waals surface area contributed by atoms with Crippen LogP contribution in [0.1, 0.15) is 10.4 Å². The highest BCUT2D eigenvalue weighted by molar-refractivity contribution is 6.13. The molecular weight excluding hydrogens is 230 g/mol. The molecule has 0 saturated heterocycles. The first-order chi connectivity index (χ1) is 8.81. The third kappa shape index (κ3) is 1.51. The van der Waals surface area contributed by atoms with Crippen LogP contribution in [-0.4, -0.2) is 32.7 Å². The van der Waals surface area contributed by atoms with E-state index in [-0.39, 0.29) is 12.3 Å². The van der Waals surface area contributed by atoms with E-state index in [2.05, 4.69) is 20.4 Å². The molecule has 18 heavy (non-hydrogen) atoms. The number of rotatable bonds is 3. The van der Waals surface area contributed by atoms with Gasteiger partial charge < -0.3 is 10.7 Å². The summed E-state index contributed by atoms with van der Waals surface area (Å²) in [7, 11) is 0. The molecule has 0 aliphatic heterocycles. The van der Waals surface area contributed by atoms with Gasteiger partial charge in [-0.3, -0.25) is 4.79 Å². The molecule has 0 amide bonds. The van der Waals surface area contributed by atoms with Crippen molar-refractivity contribution in [3.63, 3.8) is 0 Å². The van der Waals surface area contributed by atoms with Crippen LogP contribution < -0.4 is 5.73 Å². The van der Waals surface area contributed by atoms with Crippen molar-refractivity contribution in [3.05, 3.63) is 36.0 Å². The molecule has 0 radical (unpaired) electrons. The third-order valence-corrected chi connectivity index (χ3v) is 2.84. The number of aromatic nitrogens is 4. The zero-order valence-corrected chi connectivity index (χ0v) is 9.47. The molecule has 2 heterocycles. The van der Waals surface area contributed by atoms with Crippen molar-refractivity contribution in [3.8, 4) is 11.4 Å². The second-order valence-corrected chi connectivity index (χ2v) is 3.90. The van der Waals surface area contributed by atoms with Gasteiger partial charge in [-0.05, 0) is 6.07 Å². The third-order valence-electron chi connectivity index (χ3n) is 2.84. The average molecular weight is 241 g/mol. The number of hydrogen-bond acceptors (Lipinski definition) is 4. The molecule has 0 unspecified atom stereocenters. The first-order valence-corrected chi connectivity index (χ1v) is 5.51. The van der Waals surface area contributed by atoms with E-state index >= 15 is 0 Å². The average Bonchev–Trinajstić information content (AvgIpc) is 3.04. The number of ketones is 1. The van der Waals surface area contributed by atoms with E-state index in [9.17, 15) is 4.79 Å². The van der Waals surface area contributed by atoms with E-state index in [1.807, 2.05) is 24.3 Å². The Hall–Kier alpha value is -2.47. The molecule has 90 valence electrons. The predicted molar refractivity (Wildman–Crippen MR) is 67.1 cm³/mol. The largest absolute Gasteiger partial charge is 0.353 e. The van der Waals surface area contributed by atoms with Crippen molar-refractivity contribution < 1.29 is 4.79 Å². The maximum atomic E-state index is 12.0. The molecule has 6 heteroatoms. The first kappa shape index (κ1) is 10.7. The van der Waals surface area contributed by atoms with Gasteiger partial charge in [-0.25, -0.2) is 0 Å². The number of nitrogens with zero attached hydrogens (tertiary/aromatic N) is 2. The number of nitrogens with two attached hydrogens (primary N) is 1. The van der Waals surface area contributed by atoms with Crippen LogP contribution in [0.4, 0.5) is 0 Å². The molecule has 0 aliphatic carbocycles. The lowest BCUT2D eigenvalue weighted by Crippen LogP contribution is -2.14. The highest BCUT2D eigenvalue weighted by Crippen LogP contribution is 2.28. The van der Waals surface area contributed by atoms with Gasteiger partial charge in [0.05, 0.1) is 24.0 Å². The molecule has 3 aromatic rings. The summed E-state index contributed by atoms with van der Waals surface area (Å²) in [5, 5.41) is 11.1. The van der Waals surface area contributed by atoms with Gasteiger partial charge in [0, 0.05) is 10.9 Å². The van der Waals surface area contributed by atoms with Crippen LogP contribution in [0, 0.1) is 0 Å². The lowest BCUT2D eigenvalue weighted by Gasteiger charge is -1.98. The Balaban J connectivity index is 2.33. The van der Waals surface area contributed by atoms with Crippen LogP contribution in [0.5, 0.6) is 0 Å². The Morgan fingerprint density at radius 2 is 2.17 bits per heavy atom. The van der Waals surface area contributed by atoms with Gasteiger partial charge in [0.1, 0.15) is 5.69 Å². The van der Waals surface area contributed by atoms with Crippen molar-refractivity contribution in [1.29, 1.82) is 0 Å². The highest BCUT2D eigenvalue weighted by Gasteiger charge is 2.19. The van der Waals surface area contributed by atoms with Gasteiger partial charge in [0.15, 0.2) is 5.78 Å². The number of H-pyrrole nitrogens is 2. The van der Waals surface area contributed by atoms with Crippen molar-refractivity contribution in [1.82, 2.24) is 20.4 Å². The summed E-state index contributed by atoms with van der Waals surface area (Å²) in [5.41, 5.74) is 8.18. The molecule has 3 rings (SSSR count). The number of nitrogens with one attached hydrogen (secondary N) is 2. The van der Waals surface area contributed by atoms with Crippen molar-refractivity contribution in [2.75, 3.05) is 6.54 Å². The fourth-order valence-corrected chi connectivity index (χ4v) is 2.05. The zero-order chi connectivity index (χ0) is 12.5. The maximum absolute atomic E-state index is 12.0. The number of hydrogen-bond donors (Lipinski definition) is 3. The van der Waals surface area contributed by atoms with Gasteiger partial charge >= 0.3 is 0 Å². The molecule has 2 aromatic heterocycles. The smallest absolute Gasteiger partial charge is 0.179 e. The molecule has 0 aliphatic rings. The van der Waals surface area contributed by atoms with E-state index in [1.54, 1.807) is 6.20 Å². The van der Waals surface area contributed by atoms with Gasteiger partial charge in [0.2, 0.25) is 0 Å². The topological polar surface area (TPSA) is 100 Å². The summed E-state index contributed by atoms with van der Waals surface area (Å²) in [6.07, 6.45) is 1.57. The van der Waals surface area contributed by atoms with Crippen LogP contribution in [0.15, 0.2) is 30.5 Å². The second kappa shape index (κ2) is 4.08. The lowest BCUT2D eigenvalue weighted by molar-refractivity contribution is 0.100. The number of benzene rings is 1. The monoisotopic (exact) mass is 241 g/mol. The van der Waals surface area contributed by atoms with Gasteiger partial charge in [-0.1, -0.05) is 18.2 Å². The summed E-state index contributed by atoms with van der Waals surface area (Å²) in [6, 6.07) is 7.59. The molecule has 0 saturated carbocycles. The van der Waals surface area contributed by atoms with Crippen molar-refractivity contribution >= 4 is 16.7 Å². The molecule has 4 N–H and O–H groups in total. The fourth-order valence-electron chi connectivity index (χ4n) is 2.05. The van der Waals surface area contributed by atoms with Crippen LogP contribution in [-0.2, 0) is 0 Å². The first-order valence-electron chi connectivity index (χ1n) is 5.51. The normalized spacial score (nSPS) is 10.9. The number of Topliss-reactive ketones (excluding diaryl/α,β-unsaturated/α-hetero) is 1. The van der Waals surface area contributed by atoms with Gasteiger partial charge in [0.25, 0.3) is 0 Å². The lowest BCUT2D eigenvalue weighted by atomic mass is 10.1. The standard InChI is InChI=1S/C12H11N5O/c13-5-10(18)11-7-3-1-2-4-8(7)15-12(11)9-6-14-17-16-9/h1-4,6,15H,5,13H2,(H,14,16,17). The number of carbonyl (C=O) groups is 1. The predicted octanol–water partition coefficient (Wildman–Crippen LogP) is 1.09. The fraction of sp³-hybridized carbons (Fsp3) is 0.0833. The number of carbonyl (C=O) groups excluding carboxylic acids is 1. The Kier molecular flexibility index (Phi) is 2.42. The van der Waals surface area contributed by atoms with Crippen LogP contribution in [0.3, 0.4) is 0 Å². The maximum Gasteiger partial charge on any atom is 0.179 e. The molecule has 0 spiro atoms. The summed E-state index contributed by atoms with van der Waals surface area (Å²) < 4.78 is 0. The van der Waals surface area contributed by atoms with E-state index in [1.165, 1.54) is 0 Å². The molecule has 1 aromatic carbocycles. The van der Waals surface area contributed by atoms with Crippen molar-refractivity contribution in [2.45, 2.75) is 0 Å². The SMILES string of the molecule is NCC(=O)c1c(-c2cn[nH]n2)[nH]c2ccccc12. The highest BCUT2D eigenvalue weighted by atomic mass is 16.1. The Bertz CT molecular complexity index is 698. The zero-order valence-electron chi connectivity index (χ0n) is 9.47. The van der Waals surface area contributed by atoms with Crippen LogP contribution in [0.25, 0.3) is 22.3 Å². The summed E-state index contributed by atoms with van der Waals surface area (Å²) in [4.78, 5) is 15.2. The second-order valence-electron chi connectivity index (χ2n) is 3.90. The van der Waals surface area contributed by atoms with E-state index in [4.69, 9.17) is 5.73 Å². The minimum Gasteiger partial charge on any atom is -0.353 e. The van der Waals surface area contributed by atoms with E-state index < -0.39 is 0 Å². The Labute approximate surface area is 102 Å². The Morgan fingerprint density at radius 3 is 2.89 bits per heavy atom. The van der Waals surface area contributed by atoms with Crippen LogP contribution >= 0.6 is 0 Å². The van der Waals surface area contributed by atoms with E-state index in [0.717, 1.165) is 10.9 Å². The Morgan fingerprint density at radius 1 is 1.33 bits per heavy atom. The number of fused-ring (bicyclic) bond motifs is 1. The minimum absolute atomic E-state index is 0.0350. The molecule has 0 bridgehead atoms. The number of aromatic amines is 2. The molecular formula is C12H11N5O. The molecule has 0 atom stereocenters. The summed E-state index contributed by atoms with van der Waals surface area (Å²) in [6.45, 7) is -0.0350. The van der Waals surface area contributed by atoms with Crippen molar-refractivity contribution in [2.24, 2.45) is 5.73 Å². The summed E-state index contributed by atoms with van der Waals surface area (Å²) >= 11 is 0. The molecule has 0 fully saturated rings. The van der Waals surface area contributed by atoms with Gasteiger partial charge in [-0.15, -0.1) is 0 Å². The van der Waals surface area contributed by atoms with E-state index in [0.29, 0.717) is 17.0 Å².